The second-order valence-electron chi connectivity index (χ2n) is 6.41. The molecule has 1 amide bonds. The van der Waals surface area contributed by atoms with E-state index in [2.05, 4.69) is 9.55 Å². The van der Waals surface area contributed by atoms with Crippen molar-refractivity contribution in [3.05, 3.63) is 46.2 Å². The van der Waals surface area contributed by atoms with E-state index in [0.717, 1.165) is 26.7 Å². The fourth-order valence-corrected chi connectivity index (χ4v) is 3.82. The van der Waals surface area contributed by atoms with Gasteiger partial charge in [-0.2, -0.15) is 0 Å². The molecular weight excluding hydrogens is 320 g/mol. The monoisotopic (exact) mass is 340 g/mol. The highest BCUT2D eigenvalue weighted by atomic mass is 32.1. The molecule has 0 saturated heterocycles. The molecule has 0 bridgehead atoms. The second-order valence-corrected chi connectivity index (χ2v) is 7.73. The summed E-state index contributed by atoms with van der Waals surface area (Å²) in [6.45, 7) is 2.94. The van der Waals surface area contributed by atoms with Gasteiger partial charge in [0.25, 0.3) is 0 Å². The molecule has 4 rings (SSSR count). The largest absolute Gasteiger partial charge is 0.339 e. The van der Waals surface area contributed by atoms with Crippen LogP contribution in [0.25, 0.3) is 11.0 Å². The van der Waals surface area contributed by atoms with Crippen molar-refractivity contribution in [1.29, 1.82) is 0 Å². The molecule has 6 heteroatoms. The van der Waals surface area contributed by atoms with Gasteiger partial charge in [0.15, 0.2) is 0 Å². The zero-order chi connectivity index (χ0) is 16.7. The minimum absolute atomic E-state index is 0.103. The Bertz CT molecular complexity index is 893. The summed E-state index contributed by atoms with van der Waals surface area (Å²) in [6, 6.07) is 8.07. The van der Waals surface area contributed by atoms with Gasteiger partial charge in [-0.15, -0.1) is 11.3 Å². The molecule has 1 saturated carbocycles. The molecule has 0 aliphatic heterocycles. The summed E-state index contributed by atoms with van der Waals surface area (Å²) < 4.78 is 2.10. The summed E-state index contributed by atoms with van der Waals surface area (Å²) >= 11 is 1.64. The van der Waals surface area contributed by atoms with Crippen molar-refractivity contribution in [2.75, 3.05) is 7.05 Å². The number of thiazole rings is 1. The summed E-state index contributed by atoms with van der Waals surface area (Å²) in [5.74, 6) is 1.68. The number of para-hydroxylation sites is 2. The van der Waals surface area contributed by atoms with Gasteiger partial charge < -0.3 is 9.47 Å². The first kappa shape index (κ1) is 15.3. The van der Waals surface area contributed by atoms with Gasteiger partial charge in [-0.25, -0.2) is 9.97 Å². The summed E-state index contributed by atoms with van der Waals surface area (Å²) in [7, 11) is 1.85. The fraction of sp³-hybridized carbons (Fsp3) is 0.389. The van der Waals surface area contributed by atoms with E-state index >= 15 is 0 Å². The lowest BCUT2D eigenvalue weighted by atomic mass is 10.3. The van der Waals surface area contributed by atoms with Gasteiger partial charge in [-0.05, 0) is 31.9 Å². The Labute approximate surface area is 145 Å². The standard InChI is InChI=1S/C18H20N4OS/c1-12-19-9-14(24-12)10-21(2)17(23)11-22-16-6-4-3-5-15(16)20-18(22)13-7-8-13/h3-6,9,13H,7-8,10-11H2,1-2H3. The molecular formula is C18H20N4OS. The molecule has 0 N–H and O–H groups in total. The van der Waals surface area contributed by atoms with Gasteiger partial charge in [0.2, 0.25) is 5.91 Å². The van der Waals surface area contributed by atoms with Crippen LogP contribution in [0, 0.1) is 6.92 Å². The van der Waals surface area contributed by atoms with Crippen LogP contribution in [-0.2, 0) is 17.9 Å². The molecule has 0 radical (unpaired) electrons. The topological polar surface area (TPSA) is 51.0 Å². The van der Waals surface area contributed by atoms with Crippen LogP contribution in [0.1, 0.15) is 34.5 Å². The number of hydrogen-bond acceptors (Lipinski definition) is 4. The van der Waals surface area contributed by atoms with E-state index in [-0.39, 0.29) is 5.91 Å². The minimum atomic E-state index is 0.103. The van der Waals surface area contributed by atoms with E-state index in [1.807, 2.05) is 44.4 Å². The SMILES string of the molecule is Cc1ncc(CN(C)C(=O)Cn2c(C3CC3)nc3ccccc32)s1. The average Bonchev–Trinajstić information content (AvgIpc) is 3.25. The van der Waals surface area contributed by atoms with Gasteiger partial charge in [0, 0.05) is 24.0 Å². The lowest BCUT2D eigenvalue weighted by Gasteiger charge is -2.17. The summed E-state index contributed by atoms with van der Waals surface area (Å²) in [5.41, 5.74) is 2.03. The maximum absolute atomic E-state index is 12.7. The number of amides is 1. The highest BCUT2D eigenvalue weighted by Gasteiger charge is 2.30. The molecule has 1 aromatic carbocycles. The van der Waals surface area contributed by atoms with E-state index in [0.29, 0.717) is 19.0 Å². The number of benzene rings is 1. The molecule has 1 aliphatic rings. The molecule has 0 spiro atoms. The smallest absolute Gasteiger partial charge is 0.242 e. The molecule has 0 unspecified atom stereocenters. The Balaban J connectivity index is 1.56. The maximum Gasteiger partial charge on any atom is 0.242 e. The van der Waals surface area contributed by atoms with Crippen LogP contribution in [0.2, 0.25) is 0 Å². The van der Waals surface area contributed by atoms with Crippen molar-refractivity contribution in [3.63, 3.8) is 0 Å². The number of hydrogen-bond donors (Lipinski definition) is 0. The number of nitrogens with zero attached hydrogens (tertiary/aromatic N) is 4. The summed E-state index contributed by atoms with van der Waals surface area (Å²) in [4.78, 5) is 24.6. The number of aromatic nitrogens is 3. The van der Waals surface area contributed by atoms with Crippen LogP contribution in [0.4, 0.5) is 0 Å². The normalized spacial score (nSPS) is 14.2. The van der Waals surface area contributed by atoms with Gasteiger partial charge in [-0.3, -0.25) is 4.79 Å². The molecule has 2 aromatic heterocycles. The van der Waals surface area contributed by atoms with Crippen molar-refractivity contribution in [2.24, 2.45) is 0 Å². The van der Waals surface area contributed by atoms with Crippen molar-refractivity contribution < 1.29 is 4.79 Å². The van der Waals surface area contributed by atoms with Crippen LogP contribution in [0.3, 0.4) is 0 Å². The number of likely N-dealkylation sites (N-methyl/N-ethyl adjacent to an activating group) is 1. The molecule has 1 aliphatic carbocycles. The zero-order valence-electron chi connectivity index (χ0n) is 13.9. The Hall–Kier alpha value is -2.21. The van der Waals surface area contributed by atoms with E-state index < -0.39 is 0 Å². The second kappa shape index (κ2) is 6.02. The van der Waals surface area contributed by atoms with Crippen molar-refractivity contribution in [3.8, 4) is 0 Å². The van der Waals surface area contributed by atoms with Crippen LogP contribution in [-0.4, -0.2) is 32.4 Å². The quantitative estimate of drug-likeness (QED) is 0.716. The van der Waals surface area contributed by atoms with Crippen LogP contribution in [0.5, 0.6) is 0 Å². The van der Waals surface area contributed by atoms with Crippen molar-refractivity contribution in [1.82, 2.24) is 19.4 Å². The average molecular weight is 340 g/mol. The number of carbonyl (C=O) groups excluding carboxylic acids is 1. The Morgan fingerprint density at radius 2 is 2.17 bits per heavy atom. The summed E-state index contributed by atoms with van der Waals surface area (Å²) in [6.07, 6.45) is 4.20. The van der Waals surface area contributed by atoms with E-state index in [9.17, 15) is 4.79 Å². The van der Waals surface area contributed by atoms with Crippen molar-refractivity contribution >= 4 is 28.3 Å². The Kier molecular flexibility index (Phi) is 3.84. The molecule has 5 nitrogen and oxygen atoms in total. The Morgan fingerprint density at radius 1 is 1.38 bits per heavy atom. The van der Waals surface area contributed by atoms with Gasteiger partial charge >= 0.3 is 0 Å². The molecule has 2 heterocycles. The first-order valence-corrected chi connectivity index (χ1v) is 9.04. The van der Waals surface area contributed by atoms with Gasteiger partial charge in [-0.1, -0.05) is 12.1 Å². The minimum Gasteiger partial charge on any atom is -0.339 e. The summed E-state index contributed by atoms with van der Waals surface area (Å²) in [5, 5.41) is 1.03. The van der Waals surface area contributed by atoms with Gasteiger partial charge in [0.1, 0.15) is 12.4 Å². The molecule has 124 valence electrons. The molecule has 0 atom stereocenters. The molecule has 24 heavy (non-hydrogen) atoms. The van der Waals surface area contributed by atoms with Crippen LogP contribution >= 0.6 is 11.3 Å². The van der Waals surface area contributed by atoms with Gasteiger partial charge in [0.05, 0.1) is 22.6 Å². The third kappa shape index (κ3) is 2.94. The lowest BCUT2D eigenvalue weighted by Crippen LogP contribution is -2.30. The maximum atomic E-state index is 12.7. The third-order valence-electron chi connectivity index (χ3n) is 4.41. The van der Waals surface area contributed by atoms with E-state index in [1.54, 1.807) is 16.2 Å². The third-order valence-corrected chi connectivity index (χ3v) is 5.31. The predicted molar refractivity (Wildman–Crippen MR) is 95.0 cm³/mol. The Morgan fingerprint density at radius 3 is 2.88 bits per heavy atom. The highest BCUT2D eigenvalue weighted by Crippen LogP contribution is 2.40. The van der Waals surface area contributed by atoms with E-state index in [4.69, 9.17) is 4.98 Å². The number of imidazole rings is 1. The van der Waals surface area contributed by atoms with E-state index in [1.165, 1.54) is 12.8 Å². The van der Waals surface area contributed by atoms with Crippen molar-refractivity contribution in [2.45, 2.75) is 38.8 Å². The van der Waals surface area contributed by atoms with Crippen LogP contribution < -0.4 is 0 Å². The first-order chi connectivity index (χ1) is 11.6. The number of carbonyl (C=O) groups is 1. The number of fused-ring (bicyclic) bond motifs is 1. The molecule has 1 fully saturated rings. The first-order valence-electron chi connectivity index (χ1n) is 8.22. The number of rotatable bonds is 5. The number of aryl methyl sites for hydroxylation is 1. The highest BCUT2D eigenvalue weighted by molar-refractivity contribution is 7.11. The van der Waals surface area contributed by atoms with Crippen LogP contribution in [0.15, 0.2) is 30.5 Å². The zero-order valence-corrected chi connectivity index (χ0v) is 14.7. The fourth-order valence-electron chi connectivity index (χ4n) is 2.97. The lowest BCUT2D eigenvalue weighted by molar-refractivity contribution is -0.131. The molecule has 3 aromatic rings. The predicted octanol–water partition coefficient (Wildman–Crippen LogP) is 3.34.